The van der Waals surface area contributed by atoms with Crippen LogP contribution in [0.3, 0.4) is 0 Å². The highest BCUT2D eigenvalue weighted by molar-refractivity contribution is 5.78. The van der Waals surface area contributed by atoms with E-state index >= 15 is 0 Å². The van der Waals surface area contributed by atoms with Crippen molar-refractivity contribution in [1.29, 1.82) is 0 Å². The topological polar surface area (TPSA) is 51.5 Å². The van der Waals surface area contributed by atoms with Crippen molar-refractivity contribution in [2.45, 2.75) is 6.04 Å². The van der Waals surface area contributed by atoms with E-state index in [1.165, 1.54) is 6.26 Å². The number of rotatable bonds is 6. The van der Waals surface area contributed by atoms with Crippen LogP contribution in [-0.4, -0.2) is 12.5 Å². The molecule has 4 nitrogen and oxygen atoms in total. The van der Waals surface area contributed by atoms with Crippen LogP contribution in [0.2, 0.25) is 0 Å². The number of carbonyl (C=O) groups is 1. The average molecular weight is 343 g/mol. The molecule has 0 radical (unpaired) electrons. The molecule has 0 spiro atoms. The van der Waals surface area contributed by atoms with E-state index in [1.54, 1.807) is 12.1 Å². The molecule has 0 saturated carbocycles. The van der Waals surface area contributed by atoms with E-state index in [1.807, 2.05) is 30.3 Å². The molecule has 1 aromatic heterocycles. The Morgan fingerprint density at radius 1 is 1.08 bits per heavy atom. The molecule has 0 bridgehead atoms. The van der Waals surface area contributed by atoms with Crippen LogP contribution in [0.5, 0.6) is 5.75 Å². The molecule has 1 atom stereocenters. The SMILES string of the molecule is O=C(COc1ccc(F)cc1F)NC(c1ccccc1)c1ccco1. The number of hydrogen-bond acceptors (Lipinski definition) is 3. The molecular formula is C19H15F2NO3. The molecule has 2 aromatic carbocycles. The number of ether oxygens (including phenoxy) is 1. The van der Waals surface area contributed by atoms with Crippen LogP contribution in [0.25, 0.3) is 0 Å². The maximum absolute atomic E-state index is 13.5. The number of amides is 1. The lowest BCUT2D eigenvalue weighted by molar-refractivity contribution is -0.123. The summed E-state index contributed by atoms with van der Waals surface area (Å²) in [5.41, 5.74) is 0.832. The molecule has 0 fully saturated rings. The standard InChI is InChI=1S/C19H15F2NO3/c20-14-8-9-16(15(21)11-14)25-12-18(23)22-19(17-7-4-10-24-17)13-5-2-1-3-6-13/h1-11,19H,12H2,(H,22,23). The van der Waals surface area contributed by atoms with Gasteiger partial charge in [0.15, 0.2) is 18.2 Å². The van der Waals surface area contributed by atoms with Gasteiger partial charge in [-0.3, -0.25) is 4.79 Å². The average Bonchev–Trinajstić information content (AvgIpc) is 3.14. The molecule has 6 heteroatoms. The fraction of sp³-hybridized carbons (Fsp3) is 0.105. The summed E-state index contributed by atoms with van der Waals surface area (Å²) >= 11 is 0. The molecule has 3 rings (SSSR count). The van der Waals surface area contributed by atoms with E-state index in [-0.39, 0.29) is 5.75 Å². The van der Waals surface area contributed by atoms with Crippen molar-refractivity contribution in [3.63, 3.8) is 0 Å². The van der Waals surface area contributed by atoms with Crippen LogP contribution in [0.15, 0.2) is 71.3 Å². The minimum atomic E-state index is -0.863. The highest BCUT2D eigenvalue weighted by atomic mass is 19.1. The zero-order valence-corrected chi connectivity index (χ0v) is 13.1. The van der Waals surface area contributed by atoms with Gasteiger partial charge in [-0.1, -0.05) is 30.3 Å². The Hall–Kier alpha value is -3.15. The summed E-state index contributed by atoms with van der Waals surface area (Å²) in [6, 6.07) is 15.1. The first-order valence-electron chi connectivity index (χ1n) is 7.59. The molecule has 1 amide bonds. The summed E-state index contributed by atoms with van der Waals surface area (Å²) in [4.78, 5) is 12.2. The zero-order chi connectivity index (χ0) is 17.6. The maximum atomic E-state index is 13.5. The van der Waals surface area contributed by atoms with Crippen molar-refractivity contribution in [3.05, 3.63) is 89.9 Å². The molecule has 25 heavy (non-hydrogen) atoms. The molecule has 3 aromatic rings. The Balaban J connectivity index is 1.68. The molecular weight excluding hydrogens is 328 g/mol. The van der Waals surface area contributed by atoms with E-state index in [9.17, 15) is 13.6 Å². The lowest BCUT2D eigenvalue weighted by atomic mass is 10.0. The van der Waals surface area contributed by atoms with Crippen LogP contribution < -0.4 is 10.1 Å². The first-order chi connectivity index (χ1) is 12.1. The van der Waals surface area contributed by atoms with E-state index in [0.29, 0.717) is 11.8 Å². The quantitative estimate of drug-likeness (QED) is 0.740. The summed E-state index contributed by atoms with van der Waals surface area (Å²) in [6.45, 7) is -0.410. The Morgan fingerprint density at radius 3 is 2.56 bits per heavy atom. The first-order valence-corrected chi connectivity index (χ1v) is 7.59. The van der Waals surface area contributed by atoms with Crippen LogP contribution >= 0.6 is 0 Å². The highest BCUT2D eigenvalue weighted by Crippen LogP contribution is 2.22. The Bertz CT molecular complexity index is 835. The fourth-order valence-electron chi connectivity index (χ4n) is 2.36. The van der Waals surface area contributed by atoms with E-state index in [0.717, 1.165) is 17.7 Å². The predicted octanol–water partition coefficient (Wildman–Crippen LogP) is 3.84. The number of hydrogen-bond donors (Lipinski definition) is 1. The molecule has 1 N–H and O–H groups in total. The fourth-order valence-corrected chi connectivity index (χ4v) is 2.36. The minimum absolute atomic E-state index is 0.189. The predicted molar refractivity (Wildman–Crippen MR) is 87.0 cm³/mol. The second kappa shape index (κ2) is 7.61. The number of halogens is 2. The van der Waals surface area contributed by atoms with Gasteiger partial charge in [0.2, 0.25) is 0 Å². The van der Waals surface area contributed by atoms with Crippen LogP contribution in [0.4, 0.5) is 8.78 Å². The number of furan rings is 1. The lowest BCUT2D eigenvalue weighted by Crippen LogP contribution is -2.33. The number of benzene rings is 2. The first kappa shape index (κ1) is 16.7. The van der Waals surface area contributed by atoms with Crippen molar-refractivity contribution >= 4 is 5.91 Å². The molecule has 1 unspecified atom stereocenters. The summed E-state index contributed by atoms with van der Waals surface area (Å²) in [5.74, 6) is -1.66. The third kappa shape index (κ3) is 4.23. The third-order valence-corrected chi connectivity index (χ3v) is 3.52. The van der Waals surface area contributed by atoms with E-state index in [4.69, 9.17) is 9.15 Å². The van der Waals surface area contributed by atoms with Crippen molar-refractivity contribution in [3.8, 4) is 5.75 Å². The smallest absolute Gasteiger partial charge is 0.258 e. The van der Waals surface area contributed by atoms with Crippen molar-refractivity contribution in [2.24, 2.45) is 0 Å². The molecule has 0 aliphatic rings. The van der Waals surface area contributed by atoms with E-state index in [2.05, 4.69) is 5.32 Å². The molecule has 0 aliphatic carbocycles. The van der Waals surface area contributed by atoms with Gasteiger partial charge in [-0.2, -0.15) is 0 Å². The van der Waals surface area contributed by atoms with Gasteiger partial charge in [-0.05, 0) is 29.8 Å². The van der Waals surface area contributed by atoms with Gasteiger partial charge in [-0.25, -0.2) is 8.78 Å². The van der Waals surface area contributed by atoms with Gasteiger partial charge in [0.05, 0.1) is 6.26 Å². The van der Waals surface area contributed by atoms with Gasteiger partial charge in [0, 0.05) is 6.07 Å². The van der Waals surface area contributed by atoms with Gasteiger partial charge in [0.25, 0.3) is 5.91 Å². The summed E-state index contributed by atoms with van der Waals surface area (Å²) < 4.78 is 36.9. The van der Waals surface area contributed by atoms with Crippen molar-refractivity contribution in [1.82, 2.24) is 5.32 Å². The summed E-state index contributed by atoms with van der Waals surface area (Å²) in [7, 11) is 0. The Morgan fingerprint density at radius 2 is 1.88 bits per heavy atom. The van der Waals surface area contributed by atoms with Crippen molar-refractivity contribution < 1.29 is 22.7 Å². The minimum Gasteiger partial charge on any atom is -0.481 e. The second-order valence-corrected chi connectivity index (χ2v) is 5.29. The molecule has 1 heterocycles. The Labute approximate surface area is 143 Å². The summed E-state index contributed by atoms with van der Waals surface area (Å²) in [6.07, 6.45) is 1.52. The number of carbonyl (C=O) groups excluding carboxylic acids is 1. The van der Waals surface area contributed by atoms with Gasteiger partial charge >= 0.3 is 0 Å². The van der Waals surface area contributed by atoms with Crippen molar-refractivity contribution in [2.75, 3.05) is 6.61 Å². The number of nitrogens with one attached hydrogen (secondary N) is 1. The Kier molecular flexibility index (Phi) is 5.09. The molecule has 128 valence electrons. The van der Waals surface area contributed by atoms with Crippen LogP contribution in [-0.2, 0) is 4.79 Å². The maximum Gasteiger partial charge on any atom is 0.258 e. The van der Waals surface area contributed by atoms with Gasteiger partial charge in [0.1, 0.15) is 17.6 Å². The summed E-state index contributed by atoms with van der Waals surface area (Å²) in [5, 5.41) is 2.78. The third-order valence-electron chi connectivity index (χ3n) is 3.52. The molecule has 0 aliphatic heterocycles. The van der Waals surface area contributed by atoms with Crippen LogP contribution in [0.1, 0.15) is 17.4 Å². The van der Waals surface area contributed by atoms with E-state index < -0.39 is 30.2 Å². The normalized spacial score (nSPS) is 11.8. The lowest BCUT2D eigenvalue weighted by Gasteiger charge is -2.17. The highest BCUT2D eigenvalue weighted by Gasteiger charge is 2.19. The second-order valence-electron chi connectivity index (χ2n) is 5.29. The zero-order valence-electron chi connectivity index (χ0n) is 13.1. The van der Waals surface area contributed by atoms with Crippen LogP contribution in [0, 0.1) is 11.6 Å². The monoisotopic (exact) mass is 343 g/mol. The van der Waals surface area contributed by atoms with Gasteiger partial charge < -0.3 is 14.5 Å². The largest absolute Gasteiger partial charge is 0.481 e. The van der Waals surface area contributed by atoms with Gasteiger partial charge in [-0.15, -0.1) is 0 Å². The molecule has 0 saturated heterocycles.